The maximum atomic E-state index is 2.37. The van der Waals surface area contributed by atoms with Crippen molar-refractivity contribution in [1.82, 2.24) is 0 Å². The van der Waals surface area contributed by atoms with Crippen LogP contribution in [0.15, 0.2) is 59.5 Å². The summed E-state index contributed by atoms with van der Waals surface area (Å²) in [6.07, 6.45) is 4.52. The van der Waals surface area contributed by atoms with Crippen molar-refractivity contribution in [1.29, 1.82) is 0 Å². The third kappa shape index (κ3) is 3.40. The molecule has 0 radical (unpaired) electrons. The van der Waals surface area contributed by atoms with Crippen molar-refractivity contribution in [3.05, 3.63) is 60.2 Å². The molecule has 0 amide bonds. The summed E-state index contributed by atoms with van der Waals surface area (Å²) in [5, 5.41) is 0.370. The first kappa shape index (κ1) is 16.0. The highest BCUT2D eigenvalue weighted by Gasteiger charge is 2.24. The summed E-state index contributed by atoms with van der Waals surface area (Å²) in [4.78, 5) is 6.06. The van der Waals surface area contributed by atoms with Crippen LogP contribution in [0.25, 0.3) is 6.08 Å². The topological polar surface area (TPSA) is 6.48 Å². The van der Waals surface area contributed by atoms with Crippen molar-refractivity contribution in [2.75, 3.05) is 29.9 Å². The molecule has 0 spiro atoms. The number of benzene rings is 2. The van der Waals surface area contributed by atoms with Gasteiger partial charge in [0.2, 0.25) is 0 Å². The van der Waals surface area contributed by atoms with Crippen molar-refractivity contribution in [3.63, 3.8) is 0 Å². The molecule has 3 heteroatoms. The maximum Gasteiger partial charge on any atom is 0.0983 e. The third-order valence-corrected chi connectivity index (χ3v) is 5.66. The standard InChI is InChI=1S/C20H24N2S/c1-4-22(5-2)17-13-10-16(11-14-17)12-15-20-21(3)18-8-6-7-9-19(18)23-20/h6-15,20H,4-5H2,1-3H3/b15-12+. The highest BCUT2D eigenvalue weighted by Crippen LogP contribution is 2.42. The van der Waals surface area contributed by atoms with E-state index in [4.69, 9.17) is 0 Å². The molecule has 120 valence electrons. The van der Waals surface area contributed by atoms with Gasteiger partial charge in [-0.25, -0.2) is 0 Å². The highest BCUT2D eigenvalue weighted by atomic mass is 32.2. The Morgan fingerprint density at radius 3 is 2.39 bits per heavy atom. The number of hydrogen-bond acceptors (Lipinski definition) is 3. The molecule has 0 N–H and O–H groups in total. The molecular weight excluding hydrogens is 300 g/mol. The third-order valence-electron chi connectivity index (χ3n) is 4.35. The molecule has 1 aliphatic heterocycles. The Kier molecular flexibility index (Phi) is 4.97. The van der Waals surface area contributed by atoms with Crippen molar-refractivity contribution in [3.8, 4) is 0 Å². The van der Waals surface area contributed by atoms with Crippen molar-refractivity contribution in [2.45, 2.75) is 24.1 Å². The van der Waals surface area contributed by atoms with Gasteiger partial charge in [0.1, 0.15) is 0 Å². The second kappa shape index (κ2) is 7.14. The van der Waals surface area contributed by atoms with Gasteiger partial charge in [-0.1, -0.05) is 48.2 Å². The van der Waals surface area contributed by atoms with Crippen molar-refractivity contribution in [2.24, 2.45) is 0 Å². The van der Waals surface area contributed by atoms with Crippen LogP contribution in [-0.4, -0.2) is 25.5 Å². The van der Waals surface area contributed by atoms with Gasteiger partial charge in [-0.15, -0.1) is 0 Å². The normalized spacial score (nSPS) is 16.8. The zero-order chi connectivity index (χ0) is 16.2. The fraction of sp³-hybridized carbons (Fsp3) is 0.300. The van der Waals surface area contributed by atoms with Gasteiger partial charge >= 0.3 is 0 Å². The molecule has 0 fully saturated rings. The Hall–Kier alpha value is -1.87. The second-order valence-electron chi connectivity index (χ2n) is 5.71. The summed E-state index contributed by atoms with van der Waals surface area (Å²) in [5.41, 5.74) is 3.88. The maximum absolute atomic E-state index is 2.37. The van der Waals surface area contributed by atoms with E-state index < -0.39 is 0 Å². The predicted molar refractivity (Wildman–Crippen MR) is 104 cm³/mol. The minimum atomic E-state index is 0.370. The highest BCUT2D eigenvalue weighted by molar-refractivity contribution is 8.00. The molecule has 0 bridgehead atoms. The molecule has 0 saturated heterocycles. The van der Waals surface area contributed by atoms with E-state index in [1.807, 2.05) is 11.8 Å². The largest absolute Gasteiger partial charge is 0.372 e. The van der Waals surface area contributed by atoms with Crippen LogP contribution in [0.1, 0.15) is 19.4 Å². The van der Waals surface area contributed by atoms with E-state index in [1.165, 1.54) is 21.8 Å². The lowest BCUT2D eigenvalue weighted by atomic mass is 10.1. The minimum absolute atomic E-state index is 0.370. The van der Waals surface area contributed by atoms with Gasteiger partial charge in [0, 0.05) is 30.7 Å². The summed E-state index contributed by atoms with van der Waals surface area (Å²) in [6, 6.07) is 17.4. The molecule has 1 atom stereocenters. The summed E-state index contributed by atoms with van der Waals surface area (Å²) < 4.78 is 0. The molecule has 1 aliphatic rings. The van der Waals surface area contributed by atoms with Crippen LogP contribution in [0.4, 0.5) is 11.4 Å². The van der Waals surface area contributed by atoms with Crippen molar-refractivity contribution >= 4 is 29.2 Å². The second-order valence-corrected chi connectivity index (χ2v) is 6.87. The van der Waals surface area contributed by atoms with E-state index in [0.717, 1.165) is 13.1 Å². The van der Waals surface area contributed by atoms with Gasteiger partial charge < -0.3 is 9.80 Å². The fourth-order valence-corrected chi connectivity index (χ4v) is 4.12. The molecule has 3 rings (SSSR count). The number of anilines is 2. The molecule has 2 aromatic rings. The number of likely N-dealkylation sites (N-methyl/N-ethyl adjacent to an activating group) is 1. The molecule has 23 heavy (non-hydrogen) atoms. The molecule has 0 aromatic heterocycles. The van der Waals surface area contributed by atoms with E-state index in [9.17, 15) is 0 Å². The van der Waals surface area contributed by atoms with Crippen LogP contribution >= 0.6 is 11.8 Å². The number of hydrogen-bond donors (Lipinski definition) is 0. The zero-order valence-corrected chi connectivity index (χ0v) is 14.9. The van der Waals surface area contributed by atoms with Crippen LogP contribution in [0.2, 0.25) is 0 Å². The lowest BCUT2D eigenvalue weighted by Gasteiger charge is -2.21. The quantitative estimate of drug-likeness (QED) is 0.754. The Morgan fingerprint density at radius 1 is 1.04 bits per heavy atom. The Bertz CT molecular complexity index is 674. The SMILES string of the molecule is CCN(CC)c1ccc(/C=C/C2Sc3ccccc3N2C)cc1. The van der Waals surface area contributed by atoms with E-state index in [2.05, 4.69) is 91.4 Å². The van der Waals surface area contributed by atoms with Crippen LogP contribution in [-0.2, 0) is 0 Å². The molecule has 0 saturated carbocycles. The van der Waals surface area contributed by atoms with Crippen molar-refractivity contribution < 1.29 is 0 Å². The summed E-state index contributed by atoms with van der Waals surface area (Å²) in [7, 11) is 2.16. The van der Waals surface area contributed by atoms with Crippen LogP contribution in [0.3, 0.4) is 0 Å². The molecule has 2 nitrogen and oxygen atoms in total. The average Bonchev–Trinajstić information content (AvgIpc) is 2.92. The number of para-hydroxylation sites is 1. The fourth-order valence-electron chi connectivity index (χ4n) is 2.94. The lowest BCUT2D eigenvalue weighted by Crippen LogP contribution is -2.22. The van der Waals surface area contributed by atoms with Crippen LogP contribution < -0.4 is 9.80 Å². The summed E-state index contributed by atoms with van der Waals surface area (Å²) >= 11 is 1.91. The number of fused-ring (bicyclic) bond motifs is 1. The van der Waals surface area contributed by atoms with Gasteiger partial charge in [-0.3, -0.25) is 0 Å². The molecule has 0 aliphatic carbocycles. The summed E-state index contributed by atoms with van der Waals surface area (Å²) in [6.45, 7) is 6.49. The summed E-state index contributed by atoms with van der Waals surface area (Å²) in [5.74, 6) is 0. The number of nitrogens with zero attached hydrogens (tertiary/aromatic N) is 2. The van der Waals surface area contributed by atoms with Gasteiger partial charge in [0.05, 0.1) is 11.1 Å². The minimum Gasteiger partial charge on any atom is -0.372 e. The lowest BCUT2D eigenvalue weighted by molar-refractivity contribution is 0.866. The van der Waals surface area contributed by atoms with Gasteiger partial charge in [-0.2, -0.15) is 0 Å². The van der Waals surface area contributed by atoms with Gasteiger partial charge in [-0.05, 0) is 43.7 Å². The molecule has 1 unspecified atom stereocenters. The van der Waals surface area contributed by atoms with E-state index in [-0.39, 0.29) is 0 Å². The molecule has 2 aromatic carbocycles. The smallest absolute Gasteiger partial charge is 0.0983 e. The van der Waals surface area contributed by atoms with E-state index >= 15 is 0 Å². The number of rotatable bonds is 5. The van der Waals surface area contributed by atoms with E-state index in [1.54, 1.807) is 0 Å². The zero-order valence-electron chi connectivity index (χ0n) is 14.1. The Labute approximate surface area is 143 Å². The predicted octanol–water partition coefficient (Wildman–Crippen LogP) is 5.11. The van der Waals surface area contributed by atoms with Gasteiger partial charge in [0.15, 0.2) is 0 Å². The first-order valence-corrected chi connectivity index (χ1v) is 9.12. The first-order chi connectivity index (χ1) is 11.2. The van der Waals surface area contributed by atoms with Gasteiger partial charge in [0.25, 0.3) is 0 Å². The van der Waals surface area contributed by atoms with Crippen LogP contribution in [0, 0.1) is 0 Å². The average molecular weight is 324 g/mol. The molecular formula is C20H24N2S. The number of thioether (sulfide) groups is 1. The molecule has 1 heterocycles. The Balaban J connectivity index is 1.69. The van der Waals surface area contributed by atoms with E-state index in [0.29, 0.717) is 5.37 Å². The first-order valence-electron chi connectivity index (χ1n) is 8.24. The monoisotopic (exact) mass is 324 g/mol. The van der Waals surface area contributed by atoms with Crippen LogP contribution in [0.5, 0.6) is 0 Å². The Morgan fingerprint density at radius 2 is 1.74 bits per heavy atom.